The lowest BCUT2D eigenvalue weighted by molar-refractivity contribution is 0.214. The molecule has 0 aliphatic heterocycles. The fourth-order valence-corrected chi connectivity index (χ4v) is 1.28. The Morgan fingerprint density at radius 1 is 1.36 bits per heavy atom. The molecular weight excluding hydrogens is 176 g/mol. The van der Waals surface area contributed by atoms with Crippen LogP contribution in [0.1, 0.15) is 19.7 Å². The Morgan fingerprint density at radius 3 is 2.50 bits per heavy atom. The van der Waals surface area contributed by atoms with Crippen molar-refractivity contribution < 1.29 is 0 Å². The van der Waals surface area contributed by atoms with E-state index in [0.717, 1.165) is 18.9 Å². The van der Waals surface area contributed by atoms with Gasteiger partial charge < -0.3 is 5.73 Å². The van der Waals surface area contributed by atoms with Crippen LogP contribution in [0.15, 0.2) is 18.5 Å². The van der Waals surface area contributed by atoms with Crippen LogP contribution in [0.3, 0.4) is 0 Å². The molecule has 4 heteroatoms. The third-order valence-corrected chi connectivity index (χ3v) is 2.11. The molecule has 14 heavy (non-hydrogen) atoms. The van der Waals surface area contributed by atoms with E-state index in [2.05, 4.69) is 28.7 Å². The number of hydrogen-bond acceptors (Lipinski definition) is 4. The Hall–Kier alpha value is -1.00. The van der Waals surface area contributed by atoms with Crippen LogP contribution in [0.25, 0.3) is 0 Å². The average Bonchev–Trinajstić information content (AvgIpc) is 2.18. The molecule has 0 radical (unpaired) electrons. The van der Waals surface area contributed by atoms with Gasteiger partial charge in [-0.15, -0.1) is 0 Å². The number of nitrogens with zero attached hydrogens (tertiary/aromatic N) is 3. The summed E-state index contributed by atoms with van der Waals surface area (Å²) in [6, 6.07) is 2.30. The molecule has 0 atom stereocenters. The minimum absolute atomic E-state index is 0.474. The summed E-state index contributed by atoms with van der Waals surface area (Å²) in [6.45, 7) is 6.63. The number of rotatable bonds is 5. The number of hydrogen-bond donors (Lipinski definition) is 1. The minimum atomic E-state index is 0.474. The van der Waals surface area contributed by atoms with E-state index in [0.29, 0.717) is 12.6 Å². The van der Waals surface area contributed by atoms with Gasteiger partial charge in [-0.1, -0.05) is 0 Å². The largest absolute Gasteiger partial charge is 0.329 e. The highest BCUT2D eigenvalue weighted by molar-refractivity contribution is 4.88. The maximum atomic E-state index is 5.54. The van der Waals surface area contributed by atoms with Gasteiger partial charge in [0.25, 0.3) is 0 Å². The summed E-state index contributed by atoms with van der Waals surface area (Å²) in [5, 5.41) is 0. The van der Waals surface area contributed by atoms with E-state index in [-0.39, 0.29) is 0 Å². The molecule has 4 nitrogen and oxygen atoms in total. The maximum absolute atomic E-state index is 5.54. The standard InChI is InChI=1S/C10H18N4/c1-9(2)14(7-4-11)8-10-12-5-3-6-13-10/h3,5-6,9H,4,7-8,11H2,1-2H3. The summed E-state index contributed by atoms with van der Waals surface area (Å²) in [5.74, 6) is 0.856. The van der Waals surface area contributed by atoms with Crippen molar-refractivity contribution in [1.82, 2.24) is 14.9 Å². The van der Waals surface area contributed by atoms with Gasteiger partial charge in [-0.2, -0.15) is 0 Å². The van der Waals surface area contributed by atoms with Crippen molar-refractivity contribution >= 4 is 0 Å². The lowest BCUT2D eigenvalue weighted by Gasteiger charge is -2.24. The predicted molar refractivity (Wildman–Crippen MR) is 56.6 cm³/mol. The van der Waals surface area contributed by atoms with E-state index in [1.807, 2.05) is 6.07 Å². The molecule has 78 valence electrons. The monoisotopic (exact) mass is 194 g/mol. The molecule has 0 aromatic carbocycles. The Balaban J connectivity index is 2.55. The van der Waals surface area contributed by atoms with Crippen LogP contribution >= 0.6 is 0 Å². The van der Waals surface area contributed by atoms with Gasteiger partial charge in [0.15, 0.2) is 0 Å². The Kier molecular flexibility index (Phi) is 4.49. The SMILES string of the molecule is CC(C)N(CCN)Cc1ncccn1. The highest BCUT2D eigenvalue weighted by atomic mass is 15.2. The molecule has 0 spiro atoms. The van der Waals surface area contributed by atoms with Gasteiger partial charge in [-0.3, -0.25) is 4.90 Å². The normalized spacial score (nSPS) is 11.2. The van der Waals surface area contributed by atoms with Crippen molar-refractivity contribution in [2.75, 3.05) is 13.1 Å². The van der Waals surface area contributed by atoms with Crippen molar-refractivity contribution in [3.63, 3.8) is 0 Å². The second-order valence-corrected chi connectivity index (χ2v) is 3.52. The Morgan fingerprint density at radius 2 is 2.00 bits per heavy atom. The Labute approximate surface area is 85.2 Å². The fourth-order valence-electron chi connectivity index (χ4n) is 1.28. The van der Waals surface area contributed by atoms with Crippen LogP contribution < -0.4 is 5.73 Å². The summed E-state index contributed by atoms with van der Waals surface area (Å²) >= 11 is 0. The molecule has 0 fully saturated rings. The highest BCUT2D eigenvalue weighted by Gasteiger charge is 2.09. The predicted octanol–water partition coefficient (Wildman–Crippen LogP) is 0.646. The number of nitrogens with two attached hydrogens (primary N) is 1. The second-order valence-electron chi connectivity index (χ2n) is 3.52. The van der Waals surface area contributed by atoms with E-state index in [1.165, 1.54) is 0 Å². The molecule has 0 saturated heterocycles. The van der Waals surface area contributed by atoms with Crippen LogP contribution in [-0.4, -0.2) is 34.0 Å². The van der Waals surface area contributed by atoms with E-state index in [4.69, 9.17) is 5.73 Å². The van der Waals surface area contributed by atoms with Crippen molar-refractivity contribution in [1.29, 1.82) is 0 Å². The van der Waals surface area contributed by atoms with Gasteiger partial charge in [-0.05, 0) is 19.9 Å². The van der Waals surface area contributed by atoms with Crippen LogP contribution in [-0.2, 0) is 6.54 Å². The van der Waals surface area contributed by atoms with Crippen molar-refractivity contribution in [3.8, 4) is 0 Å². The first-order valence-corrected chi connectivity index (χ1v) is 4.94. The molecule has 1 rings (SSSR count). The first kappa shape index (κ1) is 11.1. The molecule has 0 aliphatic rings. The lowest BCUT2D eigenvalue weighted by Crippen LogP contribution is -2.35. The zero-order chi connectivity index (χ0) is 10.4. The smallest absolute Gasteiger partial charge is 0.142 e. The Bertz CT molecular complexity index is 248. The van der Waals surface area contributed by atoms with Crippen LogP contribution in [0.4, 0.5) is 0 Å². The molecule has 1 aromatic heterocycles. The third kappa shape index (κ3) is 3.40. The number of aromatic nitrogens is 2. The molecule has 1 aromatic rings. The van der Waals surface area contributed by atoms with Crippen LogP contribution in [0.5, 0.6) is 0 Å². The highest BCUT2D eigenvalue weighted by Crippen LogP contribution is 2.02. The third-order valence-electron chi connectivity index (χ3n) is 2.11. The van der Waals surface area contributed by atoms with Gasteiger partial charge in [-0.25, -0.2) is 9.97 Å². The maximum Gasteiger partial charge on any atom is 0.142 e. The van der Waals surface area contributed by atoms with Gasteiger partial charge in [0.1, 0.15) is 5.82 Å². The molecule has 1 heterocycles. The second kappa shape index (κ2) is 5.67. The van der Waals surface area contributed by atoms with Gasteiger partial charge in [0.2, 0.25) is 0 Å². The fraction of sp³-hybridized carbons (Fsp3) is 0.600. The van der Waals surface area contributed by atoms with Crippen molar-refractivity contribution in [3.05, 3.63) is 24.3 Å². The lowest BCUT2D eigenvalue weighted by atomic mass is 10.3. The van der Waals surface area contributed by atoms with Crippen LogP contribution in [0, 0.1) is 0 Å². The van der Waals surface area contributed by atoms with Gasteiger partial charge >= 0.3 is 0 Å². The van der Waals surface area contributed by atoms with Crippen molar-refractivity contribution in [2.24, 2.45) is 5.73 Å². The molecular formula is C10H18N4. The molecule has 0 aliphatic carbocycles. The molecule has 0 bridgehead atoms. The summed E-state index contributed by atoms with van der Waals surface area (Å²) in [4.78, 5) is 10.6. The minimum Gasteiger partial charge on any atom is -0.329 e. The summed E-state index contributed by atoms with van der Waals surface area (Å²) in [6.07, 6.45) is 3.53. The van der Waals surface area contributed by atoms with E-state index in [9.17, 15) is 0 Å². The first-order valence-electron chi connectivity index (χ1n) is 4.94. The van der Waals surface area contributed by atoms with E-state index >= 15 is 0 Å². The molecule has 0 unspecified atom stereocenters. The van der Waals surface area contributed by atoms with Gasteiger partial charge in [0.05, 0.1) is 6.54 Å². The van der Waals surface area contributed by atoms with Gasteiger partial charge in [0, 0.05) is 31.5 Å². The molecule has 0 saturated carbocycles. The molecule has 2 N–H and O–H groups in total. The van der Waals surface area contributed by atoms with E-state index in [1.54, 1.807) is 12.4 Å². The average molecular weight is 194 g/mol. The van der Waals surface area contributed by atoms with E-state index < -0.39 is 0 Å². The quantitative estimate of drug-likeness (QED) is 0.747. The summed E-state index contributed by atoms with van der Waals surface area (Å²) in [7, 11) is 0. The van der Waals surface area contributed by atoms with Crippen LogP contribution in [0.2, 0.25) is 0 Å². The molecule has 0 amide bonds. The van der Waals surface area contributed by atoms with Crippen molar-refractivity contribution in [2.45, 2.75) is 26.4 Å². The zero-order valence-corrected chi connectivity index (χ0v) is 8.85. The first-order chi connectivity index (χ1) is 6.74. The summed E-state index contributed by atoms with van der Waals surface area (Å²) < 4.78 is 0. The topological polar surface area (TPSA) is 55.0 Å². The zero-order valence-electron chi connectivity index (χ0n) is 8.85. The summed E-state index contributed by atoms with van der Waals surface area (Å²) in [5.41, 5.74) is 5.54.